The molecule has 2 rings (SSSR count). The molecule has 1 aromatic heterocycles. The fourth-order valence-corrected chi connectivity index (χ4v) is 2.17. The van der Waals surface area contributed by atoms with E-state index in [1.807, 2.05) is 0 Å². The van der Waals surface area contributed by atoms with E-state index in [4.69, 9.17) is 9.72 Å². The van der Waals surface area contributed by atoms with Gasteiger partial charge in [-0.15, -0.1) is 0 Å². The zero-order valence-corrected chi connectivity index (χ0v) is 11.3. The number of aromatic nitrogens is 1. The van der Waals surface area contributed by atoms with E-state index >= 15 is 0 Å². The summed E-state index contributed by atoms with van der Waals surface area (Å²) in [5.74, 6) is 0.996. The molecule has 3 heteroatoms. The maximum atomic E-state index is 5.23. The number of rotatable bonds is 5. The summed E-state index contributed by atoms with van der Waals surface area (Å²) in [6.45, 7) is 5.73. The van der Waals surface area contributed by atoms with Gasteiger partial charge in [-0.25, -0.2) is 4.98 Å². The number of nitrogens with zero attached hydrogens (tertiary/aromatic N) is 1. The highest BCUT2D eigenvalue weighted by molar-refractivity contribution is 5.84. The summed E-state index contributed by atoms with van der Waals surface area (Å²) in [7, 11) is 1.71. The highest BCUT2D eigenvalue weighted by atomic mass is 16.5. The average Bonchev–Trinajstić information content (AvgIpc) is 2.39. The topological polar surface area (TPSA) is 34.2 Å². The van der Waals surface area contributed by atoms with Crippen molar-refractivity contribution in [3.8, 4) is 0 Å². The third-order valence-electron chi connectivity index (χ3n) is 3.03. The number of nitrogens with one attached hydrogen (secondary N) is 1. The Bertz CT molecular complexity index is 537. The monoisotopic (exact) mass is 244 g/mol. The Kier molecular flexibility index (Phi) is 4.15. The van der Waals surface area contributed by atoms with Crippen molar-refractivity contribution in [1.82, 2.24) is 4.98 Å². The van der Waals surface area contributed by atoms with Crippen molar-refractivity contribution in [3.63, 3.8) is 0 Å². The number of fused-ring (bicyclic) bond motifs is 1. The second-order valence-corrected chi connectivity index (χ2v) is 4.30. The van der Waals surface area contributed by atoms with Gasteiger partial charge >= 0.3 is 0 Å². The molecule has 0 fully saturated rings. The van der Waals surface area contributed by atoms with Crippen LogP contribution in [0.15, 0.2) is 24.3 Å². The molecule has 0 saturated carbocycles. The van der Waals surface area contributed by atoms with Gasteiger partial charge in [-0.1, -0.05) is 25.1 Å². The number of benzene rings is 1. The molecular weight excluding hydrogens is 224 g/mol. The molecule has 0 spiro atoms. The molecule has 2 aromatic rings. The number of hydrogen-bond donors (Lipinski definition) is 1. The molecule has 0 aliphatic carbocycles. The van der Waals surface area contributed by atoms with Crippen molar-refractivity contribution in [1.29, 1.82) is 0 Å². The van der Waals surface area contributed by atoms with Gasteiger partial charge in [0.1, 0.15) is 5.82 Å². The minimum Gasteiger partial charge on any atom is -0.380 e. The first-order chi connectivity index (χ1) is 8.80. The van der Waals surface area contributed by atoms with Gasteiger partial charge in [0.15, 0.2) is 0 Å². The Morgan fingerprint density at radius 1 is 1.22 bits per heavy atom. The molecule has 1 heterocycles. The van der Waals surface area contributed by atoms with Gasteiger partial charge in [0.2, 0.25) is 0 Å². The van der Waals surface area contributed by atoms with Gasteiger partial charge in [0.05, 0.1) is 12.1 Å². The van der Waals surface area contributed by atoms with Crippen LogP contribution in [0.2, 0.25) is 0 Å². The van der Waals surface area contributed by atoms with E-state index in [0.29, 0.717) is 6.61 Å². The van der Waals surface area contributed by atoms with Crippen LogP contribution < -0.4 is 5.32 Å². The molecule has 1 aromatic carbocycles. The first-order valence-electron chi connectivity index (χ1n) is 6.44. The van der Waals surface area contributed by atoms with E-state index in [0.717, 1.165) is 29.9 Å². The van der Waals surface area contributed by atoms with Crippen molar-refractivity contribution >= 4 is 16.7 Å². The third kappa shape index (κ3) is 2.46. The fourth-order valence-electron chi connectivity index (χ4n) is 2.17. The Labute approximate surface area is 108 Å². The van der Waals surface area contributed by atoms with Crippen LogP contribution in [0.1, 0.15) is 25.0 Å². The molecule has 18 heavy (non-hydrogen) atoms. The van der Waals surface area contributed by atoms with E-state index < -0.39 is 0 Å². The van der Waals surface area contributed by atoms with E-state index in [2.05, 4.69) is 43.4 Å². The lowest BCUT2D eigenvalue weighted by atomic mass is 10.1. The van der Waals surface area contributed by atoms with Crippen LogP contribution in [0.5, 0.6) is 0 Å². The lowest BCUT2D eigenvalue weighted by molar-refractivity contribution is 0.186. The Balaban J connectivity index is 2.59. The highest BCUT2D eigenvalue weighted by Gasteiger charge is 2.07. The largest absolute Gasteiger partial charge is 0.380 e. The molecular formula is C15H20N2O. The van der Waals surface area contributed by atoms with E-state index in [1.54, 1.807) is 7.11 Å². The van der Waals surface area contributed by atoms with Crippen LogP contribution in [0.4, 0.5) is 5.82 Å². The predicted octanol–water partition coefficient (Wildman–Crippen LogP) is 3.38. The van der Waals surface area contributed by atoms with Crippen LogP contribution in [0.25, 0.3) is 10.9 Å². The molecule has 0 bridgehead atoms. The predicted molar refractivity (Wildman–Crippen MR) is 76.0 cm³/mol. The van der Waals surface area contributed by atoms with Gasteiger partial charge in [-0.05, 0) is 25.0 Å². The van der Waals surface area contributed by atoms with Crippen molar-refractivity contribution in [2.75, 3.05) is 19.0 Å². The summed E-state index contributed by atoms with van der Waals surface area (Å²) in [4.78, 5) is 4.76. The van der Waals surface area contributed by atoms with Crippen molar-refractivity contribution in [3.05, 3.63) is 35.4 Å². The van der Waals surface area contributed by atoms with Crippen molar-refractivity contribution < 1.29 is 4.74 Å². The molecule has 0 aliphatic heterocycles. The number of anilines is 1. The molecule has 96 valence electrons. The number of para-hydroxylation sites is 1. The molecule has 0 amide bonds. The maximum Gasteiger partial charge on any atom is 0.129 e. The standard InChI is InChI=1S/C15H20N2O/c1-4-11-9-12-7-6-8-13(10-18-3)14(12)17-15(11)16-5-2/h6-9H,4-5,10H2,1-3H3,(H,16,17). The maximum absolute atomic E-state index is 5.23. The molecule has 3 nitrogen and oxygen atoms in total. The molecule has 0 saturated heterocycles. The van der Waals surface area contributed by atoms with Gasteiger partial charge in [-0.3, -0.25) is 0 Å². The summed E-state index contributed by atoms with van der Waals surface area (Å²) in [6, 6.07) is 8.46. The van der Waals surface area contributed by atoms with Gasteiger partial charge in [0, 0.05) is 24.6 Å². The summed E-state index contributed by atoms with van der Waals surface area (Å²) >= 11 is 0. The summed E-state index contributed by atoms with van der Waals surface area (Å²) < 4.78 is 5.23. The second-order valence-electron chi connectivity index (χ2n) is 4.30. The lowest BCUT2D eigenvalue weighted by Gasteiger charge is -2.12. The Hall–Kier alpha value is -1.61. The van der Waals surface area contributed by atoms with E-state index in [-0.39, 0.29) is 0 Å². The zero-order chi connectivity index (χ0) is 13.0. The lowest BCUT2D eigenvalue weighted by Crippen LogP contribution is -2.04. The Morgan fingerprint density at radius 2 is 2.06 bits per heavy atom. The molecule has 0 radical (unpaired) electrons. The van der Waals surface area contributed by atoms with Crippen LogP contribution in [-0.2, 0) is 17.8 Å². The SMILES string of the molecule is CCNc1nc2c(COC)cccc2cc1CC. The average molecular weight is 244 g/mol. The minimum atomic E-state index is 0.599. The van der Waals surface area contributed by atoms with Crippen LogP contribution in [-0.4, -0.2) is 18.6 Å². The van der Waals surface area contributed by atoms with E-state index in [9.17, 15) is 0 Å². The van der Waals surface area contributed by atoms with Gasteiger partial charge < -0.3 is 10.1 Å². The van der Waals surface area contributed by atoms with Gasteiger partial charge in [-0.2, -0.15) is 0 Å². The minimum absolute atomic E-state index is 0.599. The molecule has 1 N–H and O–H groups in total. The van der Waals surface area contributed by atoms with Crippen LogP contribution >= 0.6 is 0 Å². The van der Waals surface area contributed by atoms with Gasteiger partial charge in [0.25, 0.3) is 0 Å². The number of hydrogen-bond acceptors (Lipinski definition) is 3. The van der Waals surface area contributed by atoms with Crippen molar-refractivity contribution in [2.24, 2.45) is 0 Å². The Morgan fingerprint density at radius 3 is 2.72 bits per heavy atom. The first-order valence-corrected chi connectivity index (χ1v) is 6.44. The molecule has 0 atom stereocenters. The number of methoxy groups -OCH3 is 1. The normalized spacial score (nSPS) is 10.8. The molecule has 0 unspecified atom stereocenters. The zero-order valence-electron chi connectivity index (χ0n) is 11.3. The first kappa shape index (κ1) is 12.8. The summed E-state index contributed by atoms with van der Waals surface area (Å²) in [5, 5.41) is 4.52. The van der Waals surface area contributed by atoms with E-state index in [1.165, 1.54) is 10.9 Å². The fraction of sp³-hybridized carbons (Fsp3) is 0.400. The third-order valence-corrected chi connectivity index (χ3v) is 3.03. The highest BCUT2D eigenvalue weighted by Crippen LogP contribution is 2.24. The summed E-state index contributed by atoms with van der Waals surface area (Å²) in [6.07, 6.45) is 0.986. The quantitative estimate of drug-likeness (QED) is 0.875. The summed E-state index contributed by atoms with van der Waals surface area (Å²) in [5.41, 5.74) is 3.43. The van der Waals surface area contributed by atoms with Crippen LogP contribution in [0, 0.1) is 0 Å². The smallest absolute Gasteiger partial charge is 0.129 e. The van der Waals surface area contributed by atoms with Crippen molar-refractivity contribution in [2.45, 2.75) is 26.9 Å². The number of aryl methyl sites for hydroxylation is 1. The van der Waals surface area contributed by atoms with Crippen LogP contribution in [0.3, 0.4) is 0 Å². The number of pyridine rings is 1. The second kappa shape index (κ2) is 5.83. The number of ether oxygens (including phenoxy) is 1. The molecule has 0 aliphatic rings.